The Morgan fingerprint density at radius 2 is 1.71 bits per heavy atom. The summed E-state index contributed by atoms with van der Waals surface area (Å²) in [7, 11) is 0. The van der Waals surface area contributed by atoms with E-state index < -0.39 is 35.4 Å². The molecule has 1 saturated heterocycles. The third kappa shape index (κ3) is 5.14. The summed E-state index contributed by atoms with van der Waals surface area (Å²) in [5.74, 6) is -3.03. The molecular weight excluding hydrogens is 687 g/mol. The predicted octanol–water partition coefficient (Wildman–Crippen LogP) is 6.80. The van der Waals surface area contributed by atoms with Crippen molar-refractivity contribution < 1.29 is 32.3 Å². The topological polar surface area (TPSA) is 109 Å². The number of hydrogen-bond donors (Lipinski definition) is 2. The third-order valence-corrected chi connectivity index (χ3v) is 12.7. The van der Waals surface area contributed by atoms with E-state index >= 15 is 0 Å². The minimum Gasteiger partial charge on any atom is -0.484 e. The molecule has 3 heterocycles. The van der Waals surface area contributed by atoms with E-state index in [0.717, 1.165) is 43.8 Å². The second-order valence-electron chi connectivity index (χ2n) is 12.4. The number of imide groups is 1. The predicted molar refractivity (Wildman–Crippen MR) is 174 cm³/mol. The van der Waals surface area contributed by atoms with Crippen LogP contribution in [-0.4, -0.2) is 34.6 Å². The average Bonchev–Trinajstić information content (AvgIpc) is 3.79. The first-order valence-electron chi connectivity index (χ1n) is 15.2. The number of ether oxygens (including phenoxy) is 1. The summed E-state index contributed by atoms with van der Waals surface area (Å²) >= 11 is 8.55. The number of anilines is 2. The van der Waals surface area contributed by atoms with E-state index in [0.29, 0.717) is 22.9 Å². The Hall–Kier alpha value is -4.07. The maximum atomic E-state index is 14.0. The molecule has 7 atom stereocenters. The van der Waals surface area contributed by atoms with Gasteiger partial charge >= 0.3 is 11.0 Å². The van der Waals surface area contributed by atoms with Crippen molar-refractivity contribution in [3.05, 3.63) is 103 Å². The molecular formula is C34H25ClF3N3O5S2. The van der Waals surface area contributed by atoms with Gasteiger partial charge in [-0.2, -0.15) is 13.2 Å². The molecule has 8 nitrogen and oxygen atoms in total. The molecule has 3 aromatic carbocycles. The zero-order chi connectivity index (χ0) is 33.5. The van der Waals surface area contributed by atoms with Gasteiger partial charge in [-0.25, -0.2) is 0 Å². The Morgan fingerprint density at radius 3 is 2.46 bits per heavy atom. The van der Waals surface area contributed by atoms with Gasteiger partial charge in [0.1, 0.15) is 5.75 Å². The second kappa shape index (κ2) is 11.5. The molecule has 4 aromatic rings. The number of aromatic amines is 1. The molecule has 0 radical (unpaired) electrons. The number of fused-ring (bicyclic) bond motifs is 9. The highest BCUT2D eigenvalue weighted by Gasteiger charge is 2.69. The van der Waals surface area contributed by atoms with Crippen LogP contribution in [0.15, 0.2) is 82.6 Å². The van der Waals surface area contributed by atoms with Gasteiger partial charge in [-0.3, -0.25) is 24.1 Å². The number of hydrogen-bond acceptors (Lipinski definition) is 7. The molecule has 3 fully saturated rings. The highest BCUT2D eigenvalue weighted by atomic mass is 35.5. The molecule has 2 aliphatic heterocycles. The SMILES string of the molecule is O=C(COc1cccc([C@@H]2c3sc(=O)[nH]c3S[C@@H]3[C@@H]4C[C@@H]([C@@H]5C(=O)N(c6cccc(C(F)(F)F)c6)C(=O)[C@@H]45)[C@H]23)c1)Nc1ccc(Cl)cc1. The number of amides is 3. The third-order valence-electron chi connectivity index (χ3n) is 9.87. The van der Waals surface area contributed by atoms with Crippen LogP contribution >= 0.6 is 34.7 Å². The number of alkyl halides is 3. The van der Waals surface area contributed by atoms with Crippen LogP contribution in [0.2, 0.25) is 5.02 Å². The zero-order valence-corrected chi connectivity index (χ0v) is 27.1. The van der Waals surface area contributed by atoms with Crippen molar-refractivity contribution in [3.63, 3.8) is 0 Å². The Kier molecular flexibility index (Phi) is 7.49. The van der Waals surface area contributed by atoms with Crippen molar-refractivity contribution in [2.75, 3.05) is 16.8 Å². The van der Waals surface area contributed by atoms with Crippen molar-refractivity contribution in [1.29, 1.82) is 0 Å². The van der Waals surface area contributed by atoms with Gasteiger partial charge in [0.05, 0.1) is 28.1 Å². The van der Waals surface area contributed by atoms with Crippen LogP contribution in [-0.2, 0) is 20.6 Å². The first-order chi connectivity index (χ1) is 23.0. The molecule has 3 amide bonds. The molecule has 2 saturated carbocycles. The summed E-state index contributed by atoms with van der Waals surface area (Å²) < 4.78 is 46.4. The number of carbonyl (C=O) groups excluding carboxylic acids is 3. The van der Waals surface area contributed by atoms with Gasteiger partial charge in [-0.05, 0) is 84.3 Å². The molecule has 0 unspecified atom stereocenters. The molecule has 0 spiro atoms. The van der Waals surface area contributed by atoms with E-state index in [1.807, 2.05) is 18.2 Å². The molecule has 8 rings (SSSR count). The molecule has 2 aliphatic carbocycles. The van der Waals surface area contributed by atoms with Crippen LogP contribution in [0.1, 0.15) is 28.3 Å². The van der Waals surface area contributed by atoms with Crippen LogP contribution in [0.5, 0.6) is 5.75 Å². The number of nitrogens with one attached hydrogen (secondary N) is 2. The number of thiazole rings is 1. The lowest BCUT2D eigenvalue weighted by Gasteiger charge is -2.43. The van der Waals surface area contributed by atoms with Crippen LogP contribution < -0.4 is 19.8 Å². The standard InChI is InChI=1S/C34H25ClF3N3O5S2/c35-17-7-9-18(10-8-17)39-23(42)14-46-20-6-1-3-15(11-20)24-25-21-13-22(28(25)47-30-29(24)48-33(45)40-30)27-26(21)31(43)41(32(27)44)19-5-2-4-16(12-19)34(36,37)38/h1-12,21-22,24-28H,13-14H2,(H,39,42)(H,40,45)/t21-,22-,24+,25-,26+,27+,28-/m1/s1. The van der Waals surface area contributed by atoms with Crippen LogP contribution in [0.3, 0.4) is 0 Å². The molecule has 2 N–H and O–H groups in total. The van der Waals surface area contributed by atoms with Crippen LogP contribution in [0.25, 0.3) is 0 Å². The van der Waals surface area contributed by atoms with E-state index in [1.165, 1.54) is 23.9 Å². The lowest BCUT2D eigenvalue weighted by Crippen LogP contribution is -2.42. The van der Waals surface area contributed by atoms with Gasteiger partial charge in [-0.1, -0.05) is 41.1 Å². The normalized spacial score (nSPS) is 27.1. The van der Waals surface area contributed by atoms with Crippen molar-refractivity contribution in [1.82, 2.24) is 4.98 Å². The van der Waals surface area contributed by atoms with Gasteiger partial charge < -0.3 is 15.0 Å². The van der Waals surface area contributed by atoms with Gasteiger partial charge in [0.2, 0.25) is 11.8 Å². The lowest BCUT2D eigenvalue weighted by molar-refractivity contribution is -0.137. The fourth-order valence-electron chi connectivity index (χ4n) is 8.14. The van der Waals surface area contributed by atoms with Gasteiger partial charge in [0, 0.05) is 26.8 Å². The fourth-order valence-corrected chi connectivity index (χ4v) is 11.2. The van der Waals surface area contributed by atoms with Gasteiger partial charge in [0.25, 0.3) is 5.91 Å². The summed E-state index contributed by atoms with van der Waals surface area (Å²) in [6.07, 6.45) is -4.00. The number of halogens is 4. The van der Waals surface area contributed by atoms with E-state index in [9.17, 15) is 32.3 Å². The van der Waals surface area contributed by atoms with E-state index in [2.05, 4.69) is 10.3 Å². The number of nitrogens with zero attached hydrogens (tertiary/aromatic N) is 1. The quantitative estimate of drug-likeness (QED) is 0.213. The summed E-state index contributed by atoms with van der Waals surface area (Å²) in [4.78, 5) is 57.5. The fraction of sp³-hybridized carbons (Fsp3) is 0.294. The lowest BCUT2D eigenvalue weighted by atomic mass is 9.68. The monoisotopic (exact) mass is 711 g/mol. The summed E-state index contributed by atoms with van der Waals surface area (Å²) in [5.41, 5.74) is 0.411. The summed E-state index contributed by atoms with van der Waals surface area (Å²) in [5, 5.41) is 3.92. The smallest absolute Gasteiger partial charge is 0.416 e. The van der Waals surface area contributed by atoms with Gasteiger partial charge in [0.15, 0.2) is 6.61 Å². The van der Waals surface area contributed by atoms with Crippen LogP contribution in [0, 0.1) is 29.6 Å². The van der Waals surface area contributed by atoms with Crippen molar-refractivity contribution >= 4 is 63.8 Å². The number of rotatable bonds is 6. The second-order valence-corrected chi connectivity index (χ2v) is 15.1. The molecule has 14 heteroatoms. The van der Waals surface area contributed by atoms with Crippen molar-refractivity contribution in [2.24, 2.45) is 29.6 Å². The van der Waals surface area contributed by atoms with Gasteiger partial charge in [-0.15, -0.1) is 11.8 Å². The Balaban J connectivity index is 1.08. The van der Waals surface area contributed by atoms with E-state index in [1.54, 1.807) is 30.3 Å². The largest absolute Gasteiger partial charge is 0.484 e. The zero-order valence-electron chi connectivity index (χ0n) is 24.7. The summed E-state index contributed by atoms with van der Waals surface area (Å²) in [6.45, 7) is -0.252. The molecule has 246 valence electrons. The van der Waals surface area contributed by atoms with E-state index in [4.69, 9.17) is 16.3 Å². The first kappa shape index (κ1) is 31.2. The number of carbonyl (C=O) groups is 3. The van der Waals surface area contributed by atoms with Crippen molar-refractivity contribution in [2.45, 2.75) is 28.8 Å². The highest BCUT2D eigenvalue weighted by molar-refractivity contribution is 8.00. The minimum atomic E-state index is -4.62. The summed E-state index contributed by atoms with van der Waals surface area (Å²) in [6, 6.07) is 18.3. The highest BCUT2D eigenvalue weighted by Crippen LogP contribution is 2.68. The number of benzene rings is 3. The number of thioether (sulfide) groups is 1. The Bertz CT molecular complexity index is 2030. The maximum Gasteiger partial charge on any atom is 0.416 e. The molecule has 1 aromatic heterocycles. The maximum absolute atomic E-state index is 14.0. The van der Waals surface area contributed by atoms with Crippen LogP contribution in [0.4, 0.5) is 24.5 Å². The number of aromatic nitrogens is 1. The Morgan fingerprint density at radius 1 is 0.979 bits per heavy atom. The molecule has 4 aliphatic rings. The Labute approximate surface area is 284 Å². The molecule has 2 bridgehead atoms. The first-order valence-corrected chi connectivity index (χ1v) is 17.3. The van der Waals surface area contributed by atoms with E-state index in [-0.39, 0.29) is 52.0 Å². The average molecular weight is 712 g/mol. The molecule has 48 heavy (non-hydrogen) atoms. The van der Waals surface area contributed by atoms with Crippen molar-refractivity contribution in [3.8, 4) is 5.75 Å². The number of H-pyrrole nitrogens is 1. The minimum absolute atomic E-state index is 0.0748.